The second-order valence-electron chi connectivity index (χ2n) is 6.29. The lowest BCUT2D eigenvalue weighted by molar-refractivity contribution is -0.117. The van der Waals surface area contributed by atoms with Gasteiger partial charge in [0.1, 0.15) is 17.4 Å². The van der Waals surface area contributed by atoms with Crippen molar-refractivity contribution in [2.45, 2.75) is 19.9 Å². The van der Waals surface area contributed by atoms with E-state index in [1.165, 1.54) is 0 Å². The van der Waals surface area contributed by atoms with E-state index in [0.717, 1.165) is 11.8 Å². The second-order valence-corrected chi connectivity index (χ2v) is 8.13. The average Bonchev–Trinajstić information content (AvgIpc) is 3.00. The van der Waals surface area contributed by atoms with E-state index < -0.39 is 0 Å². The molecule has 0 aliphatic carbocycles. The first-order valence-corrected chi connectivity index (χ1v) is 10.2. The van der Waals surface area contributed by atoms with Crippen LogP contribution in [-0.4, -0.2) is 43.3 Å². The number of benzene rings is 1. The molecule has 1 aliphatic heterocycles. The molecule has 0 spiro atoms. The molecule has 0 bridgehead atoms. The number of aliphatic imine (C=N–C) groups is 1. The molecule has 2 rings (SSSR count). The third-order valence-electron chi connectivity index (χ3n) is 3.51. The van der Waals surface area contributed by atoms with E-state index in [1.807, 2.05) is 13.8 Å². The number of ether oxygens (including phenoxy) is 2. The van der Waals surface area contributed by atoms with Crippen molar-refractivity contribution in [3.63, 3.8) is 0 Å². The molecule has 0 aromatic heterocycles. The Morgan fingerprint density at radius 3 is 2.69 bits per heavy atom. The summed E-state index contributed by atoms with van der Waals surface area (Å²) in [6, 6.07) is 3.27. The Bertz CT molecular complexity index is 898. The maximum Gasteiger partial charge on any atom is 0.258 e. The molecule has 1 heterocycles. The average molecular weight is 457 g/mol. The summed E-state index contributed by atoms with van der Waals surface area (Å²) < 4.78 is 10.6. The summed E-state index contributed by atoms with van der Waals surface area (Å²) in [5.74, 6) is -0.129. The molecule has 0 saturated carbocycles. The number of nitrogens with zero attached hydrogens (tertiary/aromatic N) is 1. The summed E-state index contributed by atoms with van der Waals surface area (Å²) in [4.78, 5) is 16.8. The van der Waals surface area contributed by atoms with Gasteiger partial charge in [0.25, 0.3) is 5.91 Å². The number of methoxy groups -OCH3 is 1. The van der Waals surface area contributed by atoms with Gasteiger partial charge in [0, 0.05) is 23.7 Å². The SMILES string of the molecule is COCCOc1cc(/C=C2\C=C(C(=O)NC(C)C)S\C2=N\C(=N)N)c(Cl)cc1Cl. The van der Waals surface area contributed by atoms with E-state index in [1.54, 1.807) is 31.4 Å². The van der Waals surface area contributed by atoms with Crippen LogP contribution >= 0.6 is 35.0 Å². The highest BCUT2D eigenvalue weighted by atomic mass is 35.5. The summed E-state index contributed by atoms with van der Waals surface area (Å²) in [7, 11) is 1.58. The summed E-state index contributed by atoms with van der Waals surface area (Å²) in [5, 5.41) is 11.5. The van der Waals surface area contributed by atoms with Crippen LogP contribution in [0.3, 0.4) is 0 Å². The number of carbonyl (C=O) groups excluding carboxylic acids is 1. The van der Waals surface area contributed by atoms with Crippen molar-refractivity contribution in [1.82, 2.24) is 5.32 Å². The molecule has 4 N–H and O–H groups in total. The van der Waals surface area contributed by atoms with Crippen LogP contribution in [0.25, 0.3) is 6.08 Å². The van der Waals surface area contributed by atoms with Crippen LogP contribution in [0.15, 0.2) is 33.7 Å². The van der Waals surface area contributed by atoms with Crippen molar-refractivity contribution < 1.29 is 14.3 Å². The van der Waals surface area contributed by atoms with Crippen molar-refractivity contribution in [2.75, 3.05) is 20.3 Å². The number of hydrogen-bond donors (Lipinski definition) is 3. The number of allylic oxidation sites excluding steroid dienone is 1. The number of rotatable bonds is 7. The summed E-state index contributed by atoms with van der Waals surface area (Å²) in [5.41, 5.74) is 6.65. The van der Waals surface area contributed by atoms with E-state index in [0.29, 0.717) is 50.1 Å². The third kappa shape index (κ3) is 6.78. The number of thioether (sulfide) groups is 1. The number of halogens is 2. The van der Waals surface area contributed by atoms with E-state index in [2.05, 4.69) is 10.3 Å². The molecule has 1 amide bonds. The van der Waals surface area contributed by atoms with Gasteiger partial charge in [-0.2, -0.15) is 0 Å². The first-order chi connectivity index (χ1) is 13.7. The third-order valence-corrected chi connectivity index (χ3v) is 5.18. The van der Waals surface area contributed by atoms with Crippen LogP contribution in [-0.2, 0) is 9.53 Å². The lowest BCUT2D eigenvalue weighted by Crippen LogP contribution is -2.30. The number of hydrogen-bond acceptors (Lipinski definition) is 5. The molecule has 10 heteroatoms. The van der Waals surface area contributed by atoms with E-state index >= 15 is 0 Å². The van der Waals surface area contributed by atoms with E-state index in [-0.39, 0.29) is 17.9 Å². The van der Waals surface area contributed by atoms with Gasteiger partial charge in [-0.05, 0) is 43.7 Å². The summed E-state index contributed by atoms with van der Waals surface area (Å²) >= 11 is 13.7. The number of amides is 1. The molecule has 1 aromatic carbocycles. The quantitative estimate of drug-likeness (QED) is 0.327. The molecule has 0 radical (unpaired) electrons. The Morgan fingerprint density at radius 2 is 2.07 bits per heavy atom. The van der Waals surface area contributed by atoms with E-state index in [9.17, 15) is 4.79 Å². The zero-order valence-corrected chi connectivity index (χ0v) is 18.5. The predicted octanol–water partition coefficient (Wildman–Crippen LogP) is 3.85. The minimum Gasteiger partial charge on any atom is -0.490 e. The topological polar surface area (TPSA) is 110 Å². The number of nitrogens with one attached hydrogen (secondary N) is 2. The van der Waals surface area contributed by atoms with Crippen LogP contribution in [0.2, 0.25) is 10.0 Å². The number of carbonyl (C=O) groups is 1. The summed E-state index contributed by atoms with van der Waals surface area (Å²) in [6.45, 7) is 4.49. The van der Waals surface area contributed by atoms with Crippen LogP contribution in [0.1, 0.15) is 19.4 Å². The molecule has 0 saturated heterocycles. The Balaban J connectivity index is 2.42. The van der Waals surface area contributed by atoms with Gasteiger partial charge < -0.3 is 20.5 Å². The smallest absolute Gasteiger partial charge is 0.258 e. The van der Waals surface area contributed by atoms with Crippen molar-refractivity contribution >= 4 is 58.0 Å². The molecular formula is C19H22Cl2N4O3S. The maximum atomic E-state index is 12.4. The standard InChI is InChI=1S/C19H22Cl2N4O3S/c1-10(2)24-17(26)16-8-12(18(29-16)25-19(22)23)6-11-7-15(28-5-4-27-3)14(21)9-13(11)20/h6-10H,4-5H2,1-3H3,(H3,22,23)(H,24,26)/b12-6+,25-18+. The van der Waals surface area contributed by atoms with Crippen molar-refractivity contribution in [2.24, 2.45) is 10.7 Å². The molecule has 156 valence electrons. The van der Waals surface area contributed by atoms with Crippen LogP contribution < -0.4 is 15.8 Å². The second kappa shape index (κ2) is 10.7. The Labute approximate surface area is 183 Å². The minimum absolute atomic E-state index is 0.0113. The highest BCUT2D eigenvalue weighted by molar-refractivity contribution is 8.19. The normalized spacial score (nSPS) is 16.4. The Morgan fingerprint density at radius 1 is 1.34 bits per heavy atom. The molecule has 0 unspecified atom stereocenters. The van der Waals surface area contributed by atoms with Crippen LogP contribution in [0.5, 0.6) is 5.75 Å². The molecule has 1 aromatic rings. The van der Waals surface area contributed by atoms with Gasteiger partial charge in [-0.1, -0.05) is 35.0 Å². The first kappa shape index (κ1) is 23.3. The fourth-order valence-electron chi connectivity index (χ4n) is 2.31. The van der Waals surface area contributed by atoms with Crippen LogP contribution in [0.4, 0.5) is 0 Å². The maximum absolute atomic E-state index is 12.4. The fraction of sp³-hybridized carbons (Fsp3) is 0.316. The molecule has 0 fully saturated rings. The van der Waals surface area contributed by atoms with Crippen molar-refractivity contribution in [1.29, 1.82) is 5.41 Å². The van der Waals surface area contributed by atoms with Crippen molar-refractivity contribution in [3.8, 4) is 5.75 Å². The Kier molecular flexibility index (Phi) is 8.58. The Hall–Kier alpha value is -2.00. The largest absolute Gasteiger partial charge is 0.490 e. The lowest BCUT2D eigenvalue weighted by atomic mass is 10.1. The summed E-state index contributed by atoms with van der Waals surface area (Å²) in [6.07, 6.45) is 3.42. The minimum atomic E-state index is -0.358. The zero-order valence-electron chi connectivity index (χ0n) is 16.2. The van der Waals surface area contributed by atoms with Gasteiger partial charge in [0.2, 0.25) is 5.96 Å². The lowest BCUT2D eigenvalue weighted by Gasteiger charge is -2.10. The highest BCUT2D eigenvalue weighted by Crippen LogP contribution is 2.36. The number of nitrogens with two attached hydrogens (primary N) is 1. The monoisotopic (exact) mass is 456 g/mol. The van der Waals surface area contributed by atoms with Gasteiger partial charge in [-0.3, -0.25) is 10.2 Å². The molecular weight excluding hydrogens is 435 g/mol. The van der Waals surface area contributed by atoms with Gasteiger partial charge in [-0.25, -0.2) is 4.99 Å². The van der Waals surface area contributed by atoms with Gasteiger partial charge in [0.15, 0.2) is 0 Å². The molecule has 7 nitrogen and oxygen atoms in total. The first-order valence-electron chi connectivity index (χ1n) is 8.67. The van der Waals surface area contributed by atoms with Gasteiger partial charge in [0.05, 0.1) is 16.5 Å². The highest BCUT2D eigenvalue weighted by Gasteiger charge is 2.24. The van der Waals surface area contributed by atoms with Gasteiger partial charge in [-0.15, -0.1) is 0 Å². The van der Waals surface area contributed by atoms with E-state index in [4.69, 9.17) is 43.8 Å². The van der Waals surface area contributed by atoms with Gasteiger partial charge >= 0.3 is 0 Å². The molecule has 1 aliphatic rings. The number of guanidine groups is 1. The van der Waals surface area contributed by atoms with Crippen LogP contribution in [0, 0.1) is 5.41 Å². The fourth-order valence-corrected chi connectivity index (χ4v) is 3.73. The van der Waals surface area contributed by atoms with Crippen molar-refractivity contribution in [3.05, 3.63) is 44.3 Å². The molecule has 29 heavy (non-hydrogen) atoms. The molecule has 0 atom stereocenters. The predicted molar refractivity (Wildman–Crippen MR) is 120 cm³/mol. The zero-order chi connectivity index (χ0) is 21.6.